The minimum absolute atomic E-state index is 0.125. The average molecular weight is 234 g/mol. The van der Waals surface area contributed by atoms with Gasteiger partial charge in [0.1, 0.15) is 6.61 Å². The lowest BCUT2D eigenvalue weighted by atomic mass is 10.3. The molecule has 5 nitrogen and oxygen atoms in total. The first-order valence-corrected chi connectivity index (χ1v) is 6.56. The number of carbonyl (C=O) groups is 1. The second-order valence-electron chi connectivity index (χ2n) is 3.01. The predicted molar refractivity (Wildman–Crippen MR) is 54.8 cm³/mol. The van der Waals surface area contributed by atoms with Crippen molar-refractivity contribution in [3.63, 3.8) is 0 Å². The van der Waals surface area contributed by atoms with E-state index in [-0.39, 0.29) is 12.8 Å². The first-order valence-electron chi connectivity index (χ1n) is 4.84. The summed E-state index contributed by atoms with van der Waals surface area (Å²) in [6.07, 6.45) is 1.46. The van der Waals surface area contributed by atoms with Crippen LogP contribution in [-0.4, -0.2) is 32.0 Å². The van der Waals surface area contributed by atoms with Crippen molar-refractivity contribution in [1.82, 2.24) is 0 Å². The maximum atomic E-state index is 12.0. The third kappa shape index (κ3) is 3.78. The molecule has 0 unspecified atom stereocenters. The number of cyclic esters (lactones) is 1. The Morgan fingerprint density at radius 2 is 2.00 bits per heavy atom. The Bertz CT molecular complexity index is 300. The van der Waals surface area contributed by atoms with Gasteiger partial charge in [-0.1, -0.05) is 0 Å². The van der Waals surface area contributed by atoms with Gasteiger partial charge in [-0.2, -0.15) is 0 Å². The van der Waals surface area contributed by atoms with Crippen molar-refractivity contribution in [2.75, 3.05) is 26.0 Å². The molecule has 6 heteroatoms. The molecule has 0 spiro atoms. The van der Waals surface area contributed by atoms with Crippen molar-refractivity contribution in [1.29, 1.82) is 0 Å². The molecule has 0 aliphatic carbocycles. The van der Waals surface area contributed by atoms with Crippen LogP contribution in [0.3, 0.4) is 0 Å². The van der Waals surface area contributed by atoms with Crippen molar-refractivity contribution in [3.05, 3.63) is 11.6 Å². The summed E-state index contributed by atoms with van der Waals surface area (Å²) in [5.74, 6) is -0.399. The zero-order valence-electron chi connectivity index (χ0n) is 8.89. The Morgan fingerprint density at radius 1 is 1.40 bits per heavy atom. The number of carbonyl (C=O) groups excluding carboxylic acids is 1. The van der Waals surface area contributed by atoms with E-state index >= 15 is 0 Å². The minimum Gasteiger partial charge on any atom is -0.458 e. The van der Waals surface area contributed by atoms with Crippen LogP contribution in [0.15, 0.2) is 11.6 Å². The van der Waals surface area contributed by atoms with E-state index in [2.05, 4.69) is 0 Å². The van der Waals surface area contributed by atoms with Crippen LogP contribution in [0.1, 0.15) is 13.8 Å². The second kappa shape index (κ2) is 5.45. The monoisotopic (exact) mass is 234 g/mol. The Balaban J connectivity index is 2.62. The maximum Gasteiger partial charge on any atom is 0.334 e. The molecular weight excluding hydrogens is 219 g/mol. The summed E-state index contributed by atoms with van der Waals surface area (Å²) in [6.45, 7) is 4.31. The molecule has 0 atom stereocenters. The van der Waals surface area contributed by atoms with Crippen LogP contribution in [0.5, 0.6) is 0 Å². The summed E-state index contributed by atoms with van der Waals surface area (Å²) in [5.41, 5.74) is 0.658. The van der Waals surface area contributed by atoms with E-state index in [9.17, 15) is 9.36 Å². The Kier molecular flexibility index (Phi) is 4.51. The predicted octanol–water partition coefficient (Wildman–Crippen LogP) is 1.74. The zero-order valence-corrected chi connectivity index (χ0v) is 9.79. The quantitative estimate of drug-likeness (QED) is 0.517. The molecule has 0 bridgehead atoms. The van der Waals surface area contributed by atoms with E-state index < -0.39 is 13.6 Å². The summed E-state index contributed by atoms with van der Waals surface area (Å²) in [6, 6.07) is 0. The number of hydrogen-bond acceptors (Lipinski definition) is 5. The van der Waals surface area contributed by atoms with Crippen LogP contribution >= 0.6 is 7.60 Å². The Labute approximate surface area is 88.9 Å². The highest BCUT2D eigenvalue weighted by molar-refractivity contribution is 7.54. The standard InChI is InChI=1S/C9H15O5P/c1-3-13-15(11,14-4-2)7-8-5-9(10)12-6-8/h5H,3-4,6-7H2,1-2H3. The number of rotatable bonds is 6. The van der Waals surface area contributed by atoms with Crippen LogP contribution in [0, 0.1) is 0 Å². The average Bonchev–Trinajstić information content (AvgIpc) is 2.51. The normalized spacial score (nSPS) is 16.4. The Hall–Kier alpha value is -0.640. The van der Waals surface area contributed by atoms with Crippen LogP contribution in [0.25, 0.3) is 0 Å². The second-order valence-corrected chi connectivity index (χ2v) is 5.07. The highest BCUT2D eigenvalue weighted by atomic mass is 31.2. The highest BCUT2D eigenvalue weighted by Crippen LogP contribution is 2.49. The number of ether oxygens (including phenoxy) is 1. The smallest absolute Gasteiger partial charge is 0.334 e. The van der Waals surface area contributed by atoms with E-state index in [4.69, 9.17) is 13.8 Å². The fourth-order valence-corrected chi connectivity index (χ4v) is 3.00. The van der Waals surface area contributed by atoms with Gasteiger partial charge in [-0.3, -0.25) is 4.57 Å². The molecule has 0 radical (unpaired) electrons. The molecule has 0 amide bonds. The van der Waals surface area contributed by atoms with Crippen molar-refractivity contribution >= 4 is 13.6 Å². The molecule has 0 N–H and O–H groups in total. The Morgan fingerprint density at radius 3 is 2.40 bits per heavy atom. The number of hydrogen-bond donors (Lipinski definition) is 0. The first kappa shape index (κ1) is 12.4. The molecule has 0 saturated carbocycles. The summed E-state index contributed by atoms with van der Waals surface area (Å²) < 4.78 is 26.9. The molecule has 0 aromatic heterocycles. The van der Waals surface area contributed by atoms with Gasteiger partial charge in [0, 0.05) is 6.08 Å². The summed E-state index contributed by atoms with van der Waals surface area (Å²) in [5, 5.41) is 0. The van der Waals surface area contributed by atoms with Gasteiger partial charge in [0.25, 0.3) is 0 Å². The first-order chi connectivity index (χ1) is 7.09. The molecule has 0 saturated heterocycles. The van der Waals surface area contributed by atoms with Gasteiger partial charge in [-0.15, -0.1) is 0 Å². The van der Waals surface area contributed by atoms with Gasteiger partial charge < -0.3 is 13.8 Å². The lowest BCUT2D eigenvalue weighted by Crippen LogP contribution is -2.03. The fraction of sp³-hybridized carbons (Fsp3) is 0.667. The molecule has 1 heterocycles. The van der Waals surface area contributed by atoms with Gasteiger partial charge in [-0.05, 0) is 19.4 Å². The van der Waals surface area contributed by atoms with Crippen molar-refractivity contribution in [3.8, 4) is 0 Å². The summed E-state index contributed by atoms with van der Waals surface area (Å²) in [4.78, 5) is 10.8. The zero-order chi connectivity index (χ0) is 11.3. The molecule has 0 aromatic rings. The minimum atomic E-state index is -3.10. The van der Waals surface area contributed by atoms with E-state index in [0.29, 0.717) is 18.8 Å². The third-order valence-corrected chi connectivity index (χ3v) is 3.87. The molecular formula is C9H15O5P. The van der Waals surface area contributed by atoms with Crippen molar-refractivity contribution in [2.24, 2.45) is 0 Å². The van der Waals surface area contributed by atoms with Crippen LogP contribution in [0.2, 0.25) is 0 Å². The SMILES string of the molecule is CCOP(=O)(CC1=CC(=O)OC1)OCC. The van der Waals surface area contributed by atoms with Gasteiger partial charge in [0.2, 0.25) is 0 Å². The molecule has 15 heavy (non-hydrogen) atoms. The van der Waals surface area contributed by atoms with E-state index in [1.807, 2.05) is 0 Å². The molecule has 1 rings (SSSR count). The van der Waals surface area contributed by atoms with Gasteiger partial charge >= 0.3 is 13.6 Å². The van der Waals surface area contributed by atoms with Crippen molar-refractivity contribution < 1.29 is 23.1 Å². The lowest BCUT2D eigenvalue weighted by molar-refractivity contribution is -0.134. The summed E-state index contributed by atoms with van der Waals surface area (Å²) >= 11 is 0. The van der Waals surface area contributed by atoms with Crippen LogP contribution in [0.4, 0.5) is 0 Å². The van der Waals surface area contributed by atoms with Gasteiger partial charge in [0.05, 0.1) is 19.4 Å². The lowest BCUT2D eigenvalue weighted by Gasteiger charge is -2.16. The fourth-order valence-electron chi connectivity index (χ4n) is 1.28. The molecule has 1 aliphatic rings. The maximum absolute atomic E-state index is 12.0. The highest BCUT2D eigenvalue weighted by Gasteiger charge is 2.28. The molecule has 0 aromatic carbocycles. The van der Waals surface area contributed by atoms with E-state index in [1.54, 1.807) is 13.8 Å². The molecule has 86 valence electrons. The largest absolute Gasteiger partial charge is 0.458 e. The van der Waals surface area contributed by atoms with Crippen LogP contribution in [-0.2, 0) is 23.1 Å². The van der Waals surface area contributed by atoms with Gasteiger partial charge in [0.15, 0.2) is 0 Å². The molecule has 1 aliphatic heterocycles. The topological polar surface area (TPSA) is 61.8 Å². The molecule has 0 fully saturated rings. The van der Waals surface area contributed by atoms with E-state index in [0.717, 1.165) is 0 Å². The van der Waals surface area contributed by atoms with E-state index in [1.165, 1.54) is 6.08 Å². The van der Waals surface area contributed by atoms with Crippen LogP contribution < -0.4 is 0 Å². The van der Waals surface area contributed by atoms with Crippen molar-refractivity contribution in [2.45, 2.75) is 13.8 Å². The third-order valence-electron chi connectivity index (χ3n) is 1.77. The number of esters is 1. The summed E-state index contributed by atoms with van der Waals surface area (Å²) in [7, 11) is -3.10. The van der Waals surface area contributed by atoms with Gasteiger partial charge in [-0.25, -0.2) is 4.79 Å².